The Kier molecular flexibility index (Phi) is 5.08. The summed E-state index contributed by atoms with van der Waals surface area (Å²) in [6, 6.07) is 7.78. The number of hydrogen-bond acceptors (Lipinski definition) is 3. The van der Waals surface area contributed by atoms with Crippen molar-refractivity contribution in [3.63, 3.8) is 0 Å². The van der Waals surface area contributed by atoms with Gasteiger partial charge in [0.1, 0.15) is 0 Å². The van der Waals surface area contributed by atoms with Crippen molar-refractivity contribution < 1.29 is 4.79 Å². The molecule has 3 nitrogen and oxygen atoms in total. The van der Waals surface area contributed by atoms with E-state index in [2.05, 4.69) is 22.4 Å². The van der Waals surface area contributed by atoms with Gasteiger partial charge in [-0.15, -0.1) is 0 Å². The molecule has 1 amide bonds. The lowest BCUT2D eigenvalue weighted by Gasteiger charge is -2.10. The van der Waals surface area contributed by atoms with E-state index in [0.717, 1.165) is 18.3 Å². The number of carbonyl (C=O) groups is 1. The van der Waals surface area contributed by atoms with Crippen LogP contribution in [0.3, 0.4) is 0 Å². The first-order valence-corrected chi connectivity index (χ1v) is 7.48. The molecule has 1 aromatic carbocycles. The Labute approximate surface area is 113 Å². The Morgan fingerprint density at radius 2 is 2.17 bits per heavy atom. The molecule has 0 aromatic heterocycles. The summed E-state index contributed by atoms with van der Waals surface area (Å²) >= 11 is 2.07. The highest BCUT2D eigenvalue weighted by Gasteiger charge is 2.14. The molecule has 1 fully saturated rings. The van der Waals surface area contributed by atoms with Gasteiger partial charge in [-0.25, -0.2) is 0 Å². The molecule has 0 bridgehead atoms. The number of carbonyl (C=O) groups excluding carboxylic acids is 1. The first-order chi connectivity index (χ1) is 8.79. The van der Waals surface area contributed by atoms with E-state index in [1.165, 1.54) is 24.2 Å². The quantitative estimate of drug-likeness (QED) is 0.855. The Morgan fingerprint density at radius 3 is 2.78 bits per heavy atom. The molecule has 0 spiro atoms. The summed E-state index contributed by atoms with van der Waals surface area (Å²) in [7, 11) is 1.65. The van der Waals surface area contributed by atoms with Crippen LogP contribution in [0.25, 0.3) is 0 Å². The zero-order valence-electron chi connectivity index (χ0n) is 10.7. The fourth-order valence-corrected chi connectivity index (χ4v) is 3.34. The van der Waals surface area contributed by atoms with Gasteiger partial charge in [0.25, 0.3) is 5.91 Å². The van der Waals surface area contributed by atoms with Gasteiger partial charge in [-0.3, -0.25) is 4.79 Å². The van der Waals surface area contributed by atoms with Crippen molar-refractivity contribution in [3.05, 3.63) is 35.4 Å². The van der Waals surface area contributed by atoms with Gasteiger partial charge in [0.05, 0.1) is 0 Å². The number of hydrogen-bond donors (Lipinski definition) is 2. The lowest BCUT2D eigenvalue weighted by molar-refractivity contribution is 0.0963. The third-order valence-electron chi connectivity index (χ3n) is 3.17. The molecule has 2 N–H and O–H groups in total. The normalized spacial score (nSPS) is 18.8. The number of rotatable bonds is 5. The molecule has 1 aliphatic heterocycles. The minimum absolute atomic E-state index is 0.0307. The second kappa shape index (κ2) is 6.81. The average molecular weight is 264 g/mol. The van der Waals surface area contributed by atoms with Crippen molar-refractivity contribution >= 4 is 17.7 Å². The molecule has 1 heterocycles. The minimum atomic E-state index is -0.0307. The van der Waals surface area contributed by atoms with Crippen LogP contribution in [-0.2, 0) is 6.54 Å². The van der Waals surface area contributed by atoms with Gasteiger partial charge in [0.15, 0.2) is 0 Å². The lowest BCUT2D eigenvalue weighted by Crippen LogP contribution is -2.22. The molecule has 0 saturated carbocycles. The first kappa shape index (κ1) is 13.4. The van der Waals surface area contributed by atoms with E-state index in [-0.39, 0.29) is 5.91 Å². The van der Waals surface area contributed by atoms with E-state index in [9.17, 15) is 4.79 Å². The maximum atomic E-state index is 11.4. The Bertz CT molecular complexity index is 385. The van der Waals surface area contributed by atoms with Crippen molar-refractivity contribution in [1.82, 2.24) is 10.6 Å². The predicted molar refractivity (Wildman–Crippen MR) is 77.0 cm³/mol. The molecule has 1 unspecified atom stereocenters. The molecule has 4 heteroatoms. The molecular weight excluding hydrogens is 244 g/mol. The van der Waals surface area contributed by atoms with Crippen molar-refractivity contribution in [2.45, 2.75) is 24.6 Å². The highest BCUT2D eigenvalue weighted by atomic mass is 32.2. The molecule has 1 saturated heterocycles. The smallest absolute Gasteiger partial charge is 0.251 e. The molecule has 18 heavy (non-hydrogen) atoms. The molecule has 0 radical (unpaired) electrons. The summed E-state index contributed by atoms with van der Waals surface area (Å²) in [5.41, 5.74) is 1.94. The van der Waals surface area contributed by atoms with E-state index >= 15 is 0 Å². The van der Waals surface area contributed by atoms with Crippen LogP contribution in [0.1, 0.15) is 28.8 Å². The van der Waals surface area contributed by atoms with Gasteiger partial charge in [-0.05, 0) is 36.3 Å². The standard InChI is InChI=1S/C14H20N2OS/c1-15-14(17)12-6-4-11(5-7-12)9-16-10-13-3-2-8-18-13/h4-7,13,16H,2-3,8-10H2,1H3,(H,15,17). The van der Waals surface area contributed by atoms with Crippen LogP contribution in [0, 0.1) is 0 Å². The van der Waals surface area contributed by atoms with Crippen LogP contribution >= 0.6 is 11.8 Å². The third-order valence-corrected chi connectivity index (χ3v) is 4.57. The first-order valence-electron chi connectivity index (χ1n) is 6.43. The number of amides is 1. The third kappa shape index (κ3) is 3.75. The predicted octanol–water partition coefficient (Wildman–Crippen LogP) is 2.03. The topological polar surface area (TPSA) is 41.1 Å². The summed E-state index contributed by atoms with van der Waals surface area (Å²) in [6.45, 7) is 1.97. The highest BCUT2D eigenvalue weighted by Crippen LogP contribution is 2.25. The van der Waals surface area contributed by atoms with E-state index < -0.39 is 0 Å². The zero-order valence-corrected chi connectivity index (χ0v) is 11.6. The summed E-state index contributed by atoms with van der Waals surface area (Å²) in [4.78, 5) is 11.4. The lowest BCUT2D eigenvalue weighted by atomic mass is 10.1. The second-order valence-corrected chi connectivity index (χ2v) is 5.95. The van der Waals surface area contributed by atoms with Crippen LogP contribution in [0.5, 0.6) is 0 Å². The molecule has 98 valence electrons. The largest absolute Gasteiger partial charge is 0.355 e. The average Bonchev–Trinajstić information content (AvgIpc) is 2.92. The Morgan fingerprint density at radius 1 is 1.39 bits per heavy atom. The van der Waals surface area contributed by atoms with Crippen LogP contribution in [0.15, 0.2) is 24.3 Å². The van der Waals surface area contributed by atoms with E-state index in [0.29, 0.717) is 5.56 Å². The van der Waals surface area contributed by atoms with Crippen LogP contribution in [0.2, 0.25) is 0 Å². The van der Waals surface area contributed by atoms with Crippen molar-refractivity contribution in [2.24, 2.45) is 0 Å². The summed E-state index contributed by atoms with van der Waals surface area (Å²) in [6.07, 6.45) is 2.70. The van der Waals surface area contributed by atoms with Crippen LogP contribution in [-0.4, -0.2) is 30.5 Å². The minimum Gasteiger partial charge on any atom is -0.355 e. The fraction of sp³-hybridized carbons (Fsp3) is 0.500. The highest BCUT2D eigenvalue weighted by molar-refractivity contribution is 8.00. The van der Waals surface area contributed by atoms with E-state index in [4.69, 9.17) is 0 Å². The van der Waals surface area contributed by atoms with Crippen molar-refractivity contribution in [1.29, 1.82) is 0 Å². The van der Waals surface area contributed by atoms with Crippen LogP contribution < -0.4 is 10.6 Å². The molecule has 1 aromatic rings. The van der Waals surface area contributed by atoms with E-state index in [1.807, 2.05) is 24.3 Å². The van der Waals surface area contributed by atoms with Gasteiger partial charge in [0.2, 0.25) is 0 Å². The van der Waals surface area contributed by atoms with Crippen LogP contribution in [0.4, 0.5) is 0 Å². The van der Waals surface area contributed by atoms with Gasteiger partial charge < -0.3 is 10.6 Å². The molecule has 0 aliphatic carbocycles. The Balaban J connectivity index is 1.77. The Hall–Kier alpha value is -1.00. The molecule has 1 aliphatic rings. The van der Waals surface area contributed by atoms with Crippen molar-refractivity contribution in [3.8, 4) is 0 Å². The van der Waals surface area contributed by atoms with Gasteiger partial charge in [-0.2, -0.15) is 11.8 Å². The summed E-state index contributed by atoms with van der Waals surface area (Å²) in [5.74, 6) is 1.28. The molecular formula is C14H20N2OS. The van der Waals surface area contributed by atoms with Gasteiger partial charge in [-0.1, -0.05) is 12.1 Å². The van der Waals surface area contributed by atoms with Gasteiger partial charge in [0, 0.05) is 31.0 Å². The number of benzene rings is 1. The summed E-state index contributed by atoms with van der Waals surface area (Å²) in [5, 5.41) is 6.90. The zero-order chi connectivity index (χ0) is 12.8. The number of thioether (sulfide) groups is 1. The SMILES string of the molecule is CNC(=O)c1ccc(CNCC2CCCS2)cc1. The summed E-state index contributed by atoms with van der Waals surface area (Å²) < 4.78 is 0. The maximum absolute atomic E-state index is 11.4. The van der Waals surface area contributed by atoms with E-state index in [1.54, 1.807) is 7.05 Å². The maximum Gasteiger partial charge on any atom is 0.251 e. The second-order valence-electron chi connectivity index (χ2n) is 4.54. The monoisotopic (exact) mass is 264 g/mol. The molecule has 1 atom stereocenters. The number of nitrogens with one attached hydrogen (secondary N) is 2. The molecule has 2 rings (SSSR count). The van der Waals surface area contributed by atoms with Crippen molar-refractivity contribution in [2.75, 3.05) is 19.3 Å². The van der Waals surface area contributed by atoms with Gasteiger partial charge >= 0.3 is 0 Å². The fourth-order valence-electron chi connectivity index (χ4n) is 2.10.